The van der Waals surface area contributed by atoms with E-state index in [0.717, 1.165) is 0 Å². The fourth-order valence-corrected chi connectivity index (χ4v) is 3.04. The molecule has 0 aromatic heterocycles. The van der Waals surface area contributed by atoms with Crippen LogP contribution in [0.15, 0.2) is 22.8 Å². The van der Waals surface area contributed by atoms with E-state index in [4.69, 9.17) is 0 Å². The molecule has 15 heavy (non-hydrogen) atoms. The zero-order valence-electron chi connectivity index (χ0n) is 11.3. The van der Waals surface area contributed by atoms with Gasteiger partial charge in [0.05, 0.1) is 0 Å². The van der Waals surface area contributed by atoms with Crippen molar-refractivity contribution in [3.8, 4) is 0 Å². The molecule has 1 heteroatoms. The van der Waals surface area contributed by atoms with Gasteiger partial charge in [-0.2, -0.15) is 0 Å². The molecule has 2 atom stereocenters. The summed E-state index contributed by atoms with van der Waals surface area (Å²) in [6.45, 7) is 11.4. The lowest BCUT2D eigenvalue weighted by molar-refractivity contribution is 0.186. The lowest BCUT2D eigenvalue weighted by Crippen LogP contribution is -2.41. The van der Waals surface area contributed by atoms with Gasteiger partial charge in [-0.05, 0) is 46.9 Å². The molecule has 86 valence electrons. The molecule has 0 bridgehead atoms. The second-order valence-electron chi connectivity index (χ2n) is 5.25. The molecule has 0 spiro atoms. The van der Waals surface area contributed by atoms with Crippen LogP contribution in [0.3, 0.4) is 0 Å². The van der Waals surface area contributed by atoms with Crippen molar-refractivity contribution in [2.75, 3.05) is 14.1 Å². The monoisotopic (exact) mass is 207 g/mol. The van der Waals surface area contributed by atoms with Gasteiger partial charge in [-0.15, -0.1) is 0 Å². The third kappa shape index (κ3) is 1.90. The average molecular weight is 207 g/mol. The Kier molecular flexibility index (Phi) is 3.44. The van der Waals surface area contributed by atoms with E-state index in [1.807, 2.05) is 0 Å². The molecule has 1 aliphatic rings. The van der Waals surface area contributed by atoms with Gasteiger partial charge in [0.15, 0.2) is 0 Å². The Hall–Kier alpha value is -0.560. The van der Waals surface area contributed by atoms with Crippen molar-refractivity contribution in [3.63, 3.8) is 0 Å². The summed E-state index contributed by atoms with van der Waals surface area (Å²) >= 11 is 0. The van der Waals surface area contributed by atoms with Crippen LogP contribution < -0.4 is 0 Å². The van der Waals surface area contributed by atoms with Crippen LogP contribution in [0.1, 0.15) is 41.0 Å². The van der Waals surface area contributed by atoms with Crippen LogP contribution in [-0.2, 0) is 0 Å². The molecule has 0 amide bonds. The molecule has 0 aromatic carbocycles. The first-order chi connectivity index (χ1) is 6.84. The average Bonchev–Trinajstić information content (AvgIpc) is 2.31. The normalized spacial score (nSPS) is 28.7. The summed E-state index contributed by atoms with van der Waals surface area (Å²) in [5, 5.41) is 0. The highest BCUT2D eigenvalue weighted by Gasteiger charge is 2.38. The van der Waals surface area contributed by atoms with E-state index in [-0.39, 0.29) is 5.41 Å². The first-order valence-electron chi connectivity index (χ1n) is 5.88. The number of hydrogen-bond acceptors (Lipinski definition) is 1. The van der Waals surface area contributed by atoms with Crippen LogP contribution in [-0.4, -0.2) is 25.0 Å². The summed E-state index contributed by atoms with van der Waals surface area (Å²) < 4.78 is 0. The third-order valence-electron chi connectivity index (χ3n) is 4.18. The molecular formula is C14H25N. The molecule has 0 N–H and O–H groups in total. The summed E-state index contributed by atoms with van der Waals surface area (Å²) in [5.41, 5.74) is 4.71. The lowest BCUT2D eigenvalue weighted by atomic mass is 9.76. The van der Waals surface area contributed by atoms with Gasteiger partial charge in [-0.25, -0.2) is 0 Å². The van der Waals surface area contributed by atoms with Crippen molar-refractivity contribution < 1.29 is 0 Å². The molecule has 2 unspecified atom stereocenters. The van der Waals surface area contributed by atoms with E-state index >= 15 is 0 Å². The highest BCUT2D eigenvalue weighted by Crippen LogP contribution is 2.45. The first-order valence-corrected chi connectivity index (χ1v) is 5.88. The number of nitrogens with zero attached hydrogens (tertiary/aromatic N) is 1. The van der Waals surface area contributed by atoms with Crippen LogP contribution in [0.4, 0.5) is 0 Å². The zero-order valence-corrected chi connectivity index (χ0v) is 11.3. The molecular weight excluding hydrogens is 182 g/mol. The van der Waals surface area contributed by atoms with Crippen LogP contribution in [0.5, 0.6) is 0 Å². The molecule has 0 fully saturated rings. The quantitative estimate of drug-likeness (QED) is 0.683. The fourth-order valence-electron chi connectivity index (χ4n) is 3.04. The van der Waals surface area contributed by atoms with Gasteiger partial charge in [0, 0.05) is 11.5 Å². The molecule has 1 aliphatic carbocycles. The molecule has 0 aromatic rings. The maximum absolute atomic E-state index is 2.45. The second kappa shape index (κ2) is 4.13. The van der Waals surface area contributed by atoms with Gasteiger partial charge in [-0.3, -0.25) is 0 Å². The van der Waals surface area contributed by atoms with E-state index in [9.17, 15) is 0 Å². The largest absolute Gasteiger partial charge is 0.305 e. The molecule has 0 radical (unpaired) electrons. The van der Waals surface area contributed by atoms with Gasteiger partial charge >= 0.3 is 0 Å². The van der Waals surface area contributed by atoms with Crippen molar-refractivity contribution in [2.24, 2.45) is 5.41 Å². The summed E-state index contributed by atoms with van der Waals surface area (Å²) in [6, 6.07) is 0.602. The summed E-state index contributed by atoms with van der Waals surface area (Å²) in [5.74, 6) is 0. The minimum atomic E-state index is 0.229. The van der Waals surface area contributed by atoms with Crippen LogP contribution in [0.2, 0.25) is 0 Å². The number of rotatable bonds is 3. The molecule has 0 aliphatic heterocycles. The Morgan fingerprint density at radius 1 is 1.27 bits per heavy atom. The van der Waals surface area contributed by atoms with Crippen molar-refractivity contribution >= 4 is 0 Å². The van der Waals surface area contributed by atoms with Crippen LogP contribution >= 0.6 is 0 Å². The SMILES string of the molecule is CCC(N(C)C)C1(C)C=C(C)C(C)=C1C. The van der Waals surface area contributed by atoms with Crippen LogP contribution in [0.25, 0.3) is 0 Å². The Morgan fingerprint density at radius 2 is 1.80 bits per heavy atom. The maximum atomic E-state index is 2.45. The van der Waals surface area contributed by atoms with E-state index in [0.29, 0.717) is 6.04 Å². The standard InChI is InChI=1S/C14H25N/c1-8-13(15(6)7)14(5)9-10(2)11(3)12(14)4/h9,13H,8H2,1-7H3. The van der Waals surface area contributed by atoms with Crippen LogP contribution in [0, 0.1) is 5.41 Å². The predicted octanol–water partition coefficient (Wildman–Crippen LogP) is 3.63. The smallest absolute Gasteiger partial charge is 0.0227 e. The lowest BCUT2D eigenvalue weighted by Gasteiger charge is -2.38. The van der Waals surface area contributed by atoms with Crippen molar-refractivity contribution in [1.82, 2.24) is 4.90 Å². The second-order valence-corrected chi connectivity index (χ2v) is 5.25. The highest BCUT2D eigenvalue weighted by atomic mass is 15.1. The van der Waals surface area contributed by atoms with E-state index in [1.165, 1.54) is 17.6 Å². The first kappa shape index (κ1) is 12.5. The Balaban J connectivity index is 3.14. The van der Waals surface area contributed by atoms with Gasteiger partial charge in [-0.1, -0.05) is 31.1 Å². The van der Waals surface area contributed by atoms with E-state index < -0.39 is 0 Å². The summed E-state index contributed by atoms with van der Waals surface area (Å²) in [7, 11) is 4.37. The predicted molar refractivity (Wildman–Crippen MR) is 68.0 cm³/mol. The van der Waals surface area contributed by atoms with Crippen molar-refractivity contribution in [2.45, 2.75) is 47.1 Å². The van der Waals surface area contributed by atoms with Gasteiger partial charge in [0.2, 0.25) is 0 Å². The Bertz CT molecular complexity index is 309. The molecule has 0 saturated heterocycles. The maximum Gasteiger partial charge on any atom is 0.0227 e. The Morgan fingerprint density at radius 3 is 2.07 bits per heavy atom. The Labute approximate surface area is 94.9 Å². The molecule has 1 nitrogen and oxygen atoms in total. The van der Waals surface area contributed by atoms with Gasteiger partial charge in [0.1, 0.15) is 0 Å². The van der Waals surface area contributed by atoms with Crippen molar-refractivity contribution in [1.29, 1.82) is 0 Å². The third-order valence-corrected chi connectivity index (χ3v) is 4.18. The molecule has 0 saturated carbocycles. The van der Waals surface area contributed by atoms with Crippen molar-refractivity contribution in [3.05, 3.63) is 22.8 Å². The van der Waals surface area contributed by atoms with Gasteiger partial charge < -0.3 is 4.90 Å². The minimum Gasteiger partial charge on any atom is -0.305 e. The highest BCUT2D eigenvalue weighted by molar-refractivity contribution is 5.46. The molecule has 0 heterocycles. The van der Waals surface area contributed by atoms with E-state index in [1.54, 1.807) is 5.57 Å². The minimum absolute atomic E-state index is 0.229. The summed E-state index contributed by atoms with van der Waals surface area (Å²) in [4.78, 5) is 2.35. The fraction of sp³-hybridized carbons (Fsp3) is 0.714. The molecule has 1 rings (SSSR count). The topological polar surface area (TPSA) is 3.24 Å². The summed E-state index contributed by atoms with van der Waals surface area (Å²) in [6.07, 6.45) is 3.64. The number of allylic oxidation sites excluding steroid dienone is 2. The zero-order chi connectivity index (χ0) is 11.8. The van der Waals surface area contributed by atoms with Gasteiger partial charge in [0.25, 0.3) is 0 Å². The number of hydrogen-bond donors (Lipinski definition) is 0. The van der Waals surface area contributed by atoms with E-state index in [2.05, 4.69) is 59.7 Å².